The minimum atomic E-state index is -0.115. The second-order valence-corrected chi connectivity index (χ2v) is 4.53. The lowest BCUT2D eigenvalue weighted by molar-refractivity contribution is 0.103. The normalized spacial score (nSPS) is 10.4. The third-order valence-corrected chi connectivity index (χ3v) is 3.20. The first-order valence-electron chi connectivity index (χ1n) is 6.34. The smallest absolute Gasteiger partial charge is 0.215 e. The van der Waals surface area contributed by atoms with Crippen molar-refractivity contribution in [2.75, 3.05) is 0 Å². The predicted octanol–water partition coefficient (Wildman–Crippen LogP) is 3.01. The minimum Gasteiger partial charge on any atom is -0.287 e. The lowest BCUT2D eigenvalue weighted by Crippen LogP contribution is -2.05. The Balaban J connectivity index is 2.07. The van der Waals surface area contributed by atoms with Gasteiger partial charge < -0.3 is 0 Å². The first-order valence-corrected chi connectivity index (χ1v) is 6.34. The maximum absolute atomic E-state index is 12.6. The summed E-state index contributed by atoms with van der Waals surface area (Å²) in [6, 6.07) is 17.0. The van der Waals surface area contributed by atoms with E-state index in [1.807, 2.05) is 55.5 Å². The SMILES string of the molecule is Cc1ccccc1C(=O)c1n[nH]nc1-c1ccccc1. The Labute approximate surface area is 116 Å². The van der Waals surface area contributed by atoms with Gasteiger partial charge in [0.15, 0.2) is 5.69 Å². The zero-order valence-corrected chi connectivity index (χ0v) is 11.0. The third kappa shape index (κ3) is 2.12. The van der Waals surface area contributed by atoms with E-state index in [0.29, 0.717) is 17.0 Å². The van der Waals surface area contributed by atoms with Crippen molar-refractivity contribution in [2.24, 2.45) is 0 Å². The molecule has 0 aliphatic heterocycles. The molecule has 1 N–H and O–H groups in total. The van der Waals surface area contributed by atoms with Gasteiger partial charge in [-0.3, -0.25) is 4.79 Å². The molecule has 98 valence electrons. The number of ketones is 1. The Morgan fingerprint density at radius 2 is 1.65 bits per heavy atom. The van der Waals surface area contributed by atoms with Gasteiger partial charge in [-0.15, -0.1) is 0 Å². The van der Waals surface area contributed by atoms with E-state index in [1.54, 1.807) is 6.07 Å². The molecule has 0 aliphatic rings. The monoisotopic (exact) mass is 263 g/mol. The molecule has 0 bridgehead atoms. The highest BCUT2D eigenvalue weighted by molar-refractivity contribution is 6.11. The largest absolute Gasteiger partial charge is 0.287 e. The van der Waals surface area contributed by atoms with Crippen molar-refractivity contribution in [1.82, 2.24) is 15.4 Å². The number of carbonyl (C=O) groups is 1. The number of benzene rings is 2. The van der Waals surface area contributed by atoms with Crippen molar-refractivity contribution in [2.45, 2.75) is 6.92 Å². The molecule has 1 heterocycles. The van der Waals surface area contributed by atoms with Crippen molar-refractivity contribution in [3.8, 4) is 11.3 Å². The lowest BCUT2D eigenvalue weighted by atomic mass is 10.00. The second-order valence-electron chi connectivity index (χ2n) is 4.53. The molecule has 2 aromatic carbocycles. The van der Waals surface area contributed by atoms with Gasteiger partial charge in [0.1, 0.15) is 5.69 Å². The third-order valence-electron chi connectivity index (χ3n) is 3.20. The molecular weight excluding hydrogens is 250 g/mol. The summed E-state index contributed by atoms with van der Waals surface area (Å²) in [5, 5.41) is 10.7. The average molecular weight is 263 g/mol. The van der Waals surface area contributed by atoms with E-state index in [-0.39, 0.29) is 5.78 Å². The number of carbonyl (C=O) groups excluding carboxylic acids is 1. The maximum atomic E-state index is 12.6. The lowest BCUT2D eigenvalue weighted by Gasteiger charge is -2.03. The Bertz CT molecular complexity index is 747. The number of nitrogens with one attached hydrogen (secondary N) is 1. The quantitative estimate of drug-likeness (QED) is 0.739. The van der Waals surface area contributed by atoms with Crippen molar-refractivity contribution in [3.63, 3.8) is 0 Å². The first-order chi connectivity index (χ1) is 9.77. The van der Waals surface area contributed by atoms with Gasteiger partial charge in [-0.1, -0.05) is 54.6 Å². The number of aromatic nitrogens is 3. The van der Waals surface area contributed by atoms with Crippen molar-refractivity contribution in [1.29, 1.82) is 0 Å². The van der Waals surface area contributed by atoms with Gasteiger partial charge in [0.05, 0.1) is 0 Å². The maximum Gasteiger partial charge on any atom is 0.215 e. The summed E-state index contributed by atoms with van der Waals surface area (Å²) < 4.78 is 0. The van der Waals surface area contributed by atoms with E-state index in [0.717, 1.165) is 11.1 Å². The topological polar surface area (TPSA) is 58.6 Å². The number of aryl methyl sites for hydroxylation is 1. The zero-order chi connectivity index (χ0) is 13.9. The van der Waals surface area contributed by atoms with Crippen LogP contribution in [0.2, 0.25) is 0 Å². The summed E-state index contributed by atoms with van der Waals surface area (Å²) >= 11 is 0. The summed E-state index contributed by atoms with van der Waals surface area (Å²) in [4.78, 5) is 12.6. The molecule has 3 aromatic rings. The van der Waals surface area contributed by atoms with Crippen LogP contribution < -0.4 is 0 Å². The van der Waals surface area contributed by atoms with Crippen LogP contribution in [0.25, 0.3) is 11.3 Å². The molecule has 20 heavy (non-hydrogen) atoms. The number of aromatic amines is 1. The van der Waals surface area contributed by atoms with Crippen LogP contribution in [0.4, 0.5) is 0 Å². The first kappa shape index (κ1) is 12.3. The van der Waals surface area contributed by atoms with Crippen LogP contribution in [-0.4, -0.2) is 21.2 Å². The summed E-state index contributed by atoms with van der Waals surface area (Å²) in [7, 11) is 0. The molecule has 3 rings (SSSR count). The van der Waals surface area contributed by atoms with Gasteiger partial charge >= 0.3 is 0 Å². The molecule has 0 atom stereocenters. The highest BCUT2D eigenvalue weighted by atomic mass is 16.1. The number of rotatable bonds is 3. The molecule has 0 fully saturated rings. The Kier molecular flexibility index (Phi) is 3.13. The van der Waals surface area contributed by atoms with Crippen molar-refractivity contribution in [3.05, 3.63) is 71.4 Å². The van der Waals surface area contributed by atoms with Crippen molar-refractivity contribution >= 4 is 5.78 Å². The fourth-order valence-corrected chi connectivity index (χ4v) is 2.14. The van der Waals surface area contributed by atoms with Crippen LogP contribution in [0, 0.1) is 6.92 Å². The number of H-pyrrole nitrogens is 1. The van der Waals surface area contributed by atoms with Crippen LogP contribution in [0.3, 0.4) is 0 Å². The summed E-state index contributed by atoms with van der Waals surface area (Å²) in [5.74, 6) is -0.115. The highest BCUT2D eigenvalue weighted by Crippen LogP contribution is 2.22. The van der Waals surface area contributed by atoms with Gasteiger partial charge in [0.2, 0.25) is 5.78 Å². The molecule has 0 radical (unpaired) electrons. The Morgan fingerprint density at radius 1 is 0.950 bits per heavy atom. The van der Waals surface area contributed by atoms with Gasteiger partial charge in [-0.25, -0.2) is 0 Å². The molecule has 1 aromatic heterocycles. The second kappa shape index (κ2) is 5.09. The van der Waals surface area contributed by atoms with E-state index >= 15 is 0 Å². The molecule has 0 saturated carbocycles. The van der Waals surface area contributed by atoms with Gasteiger partial charge in [-0.05, 0) is 12.5 Å². The molecule has 4 heteroatoms. The van der Waals surface area contributed by atoms with Gasteiger partial charge in [0, 0.05) is 11.1 Å². The number of hydrogen-bond donors (Lipinski definition) is 1. The summed E-state index contributed by atoms with van der Waals surface area (Å²) in [6.45, 7) is 1.91. The van der Waals surface area contributed by atoms with Gasteiger partial charge in [-0.2, -0.15) is 15.4 Å². The standard InChI is InChI=1S/C16H13N3O/c1-11-7-5-6-10-13(11)16(20)15-14(17-19-18-15)12-8-3-2-4-9-12/h2-10H,1H3,(H,17,18,19). The number of hydrogen-bond acceptors (Lipinski definition) is 3. The molecule has 0 spiro atoms. The fourth-order valence-electron chi connectivity index (χ4n) is 2.14. The molecule has 4 nitrogen and oxygen atoms in total. The van der Waals surface area contributed by atoms with E-state index in [4.69, 9.17) is 0 Å². The highest BCUT2D eigenvalue weighted by Gasteiger charge is 2.20. The van der Waals surface area contributed by atoms with Crippen LogP contribution in [0.15, 0.2) is 54.6 Å². The summed E-state index contributed by atoms with van der Waals surface area (Å²) in [6.07, 6.45) is 0. The molecule has 0 aliphatic carbocycles. The Morgan fingerprint density at radius 3 is 2.40 bits per heavy atom. The molecule has 0 amide bonds. The van der Waals surface area contributed by atoms with Gasteiger partial charge in [0.25, 0.3) is 0 Å². The summed E-state index contributed by atoms with van der Waals surface area (Å²) in [5.41, 5.74) is 3.39. The zero-order valence-electron chi connectivity index (χ0n) is 11.0. The fraction of sp³-hybridized carbons (Fsp3) is 0.0625. The average Bonchev–Trinajstić information content (AvgIpc) is 2.97. The van der Waals surface area contributed by atoms with E-state index in [9.17, 15) is 4.79 Å². The van der Waals surface area contributed by atoms with E-state index < -0.39 is 0 Å². The predicted molar refractivity (Wildman–Crippen MR) is 76.4 cm³/mol. The van der Waals surface area contributed by atoms with Crippen LogP contribution in [0.1, 0.15) is 21.6 Å². The number of nitrogens with zero attached hydrogens (tertiary/aromatic N) is 2. The molecule has 0 unspecified atom stereocenters. The minimum absolute atomic E-state index is 0.115. The van der Waals surface area contributed by atoms with Crippen LogP contribution in [0.5, 0.6) is 0 Å². The van der Waals surface area contributed by atoms with E-state index in [2.05, 4.69) is 15.4 Å². The molecular formula is C16H13N3O. The van der Waals surface area contributed by atoms with Crippen LogP contribution >= 0.6 is 0 Å². The van der Waals surface area contributed by atoms with Crippen molar-refractivity contribution < 1.29 is 4.79 Å². The molecule has 0 saturated heterocycles. The Hall–Kier alpha value is -2.75. The van der Waals surface area contributed by atoms with Crippen LogP contribution in [-0.2, 0) is 0 Å². The van der Waals surface area contributed by atoms with E-state index in [1.165, 1.54) is 0 Å².